The van der Waals surface area contributed by atoms with Gasteiger partial charge in [0.25, 0.3) is 0 Å². The molecule has 1 aliphatic rings. The van der Waals surface area contributed by atoms with E-state index in [1.54, 1.807) is 13.2 Å². The van der Waals surface area contributed by atoms with Crippen LogP contribution in [0, 0.1) is 5.82 Å². The van der Waals surface area contributed by atoms with Gasteiger partial charge in [-0.05, 0) is 36.6 Å². The number of methoxy groups -OCH3 is 1. The van der Waals surface area contributed by atoms with E-state index in [0.717, 1.165) is 35.7 Å². The lowest BCUT2D eigenvalue weighted by atomic mass is 9.78. The highest BCUT2D eigenvalue weighted by atomic mass is 79.9. The van der Waals surface area contributed by atoms with Gasteiger partial charge in [-0.1, -0.05) is 35.2 Å². The van der Waals surface area contributed by atoms with Crippen molar-refractivity contribution in [2.75, 3.05) is 7.11 Å². The monoisotopic (exact) mass is 330 g/mol. The Hall–Kier alpha value is -0.450. The van der Waals surface area contributed by atoms with Crippen molar-refractivity contribution in [2.45, 2.75) is 50.2 Å². The lowest BCUT2D eigenvalue weighted by molar-refractivity contribution is -0.122. The highest BCUT2D eigenvalue weighted by molar-refractivity contribution is 9.10. The number of aliphatic hydroxyl groups excluding tert-OH is 1. The largest absolute Gasteiger partial charge is 0.390 e. The summed E-state index contributed by atoms with van der Waals surface area (Å²) in [5.41, 5.74) is 0.318. The van der Waals surface area contributed by atoms with E-state index < -0.39 is 11.7 Å². The number of ether oxygens (including phenoxy) is 1. The Morgan fingerprint density at radius 3 is 2.68 bits per heavy atom. The third-order valence-corrected chi connectivity index (χ3v) is 4.91. The maximum absolute atomic E-state index is 13.3. The van der Waals surface area contributed by atoms with Crippen molar-refractivity contribution in [2.24, 2.45) is 0 Å². The van der Waals surface area contributed by atoms with Crippen molar-refractivity contribution in [3.63, 3.8) is 0 Å². The molecule has 1 atom stereocenters. The molecular formula is C15H20BrFO2. The zero-order valence-electron chi connectivity index (χ0n) is 11.2. The molecule has 0 bridgehead atoms. The van der Waals surface area contributed by atoms with E-state index in [9.17, 15) is 9.50 Å². The van der Waals surface area contributed by atoms with Gasteiger partial charge < -0.3 is 9.84 Å². The molecule has 1 fully saturated rings. The smallest absolute Gasteiger partial charge is 0.123 e. The summed E-state index contributed by atoms with van der Waals surface area (Å²) in [5.74, 6) is -0.277. The second-order valence-corrected chi connectivity index (χ2v) is 6.14. The van der Waals surface area contributed by atoms with E-state index in [0.29, 0.717) is 6.42 Å². The molecule has 0 spiro atoms. The minimum absolute atomic E-state index is 0.277. The summed E-state index contributed by atoms with van der Waals surface area (Å²) in [4.78, 5) is 0. The van der Waals surface area contributed by atoms with Crippen LogP contribution < -0.4 is 0 Å². The quantitative estimate of drug-likeness (QED) is 0.908. The average Bonchev–Trinajstić information content (AvgIpc) is 2.43. The Morgan fingerprint density at radius 2 is 2.05 bits per heavy atom. The van der Waals surface area contributed by atoms with E-state index in [-0.39, 0.29) is 5.82 Å². The van der Waals surface area contributed by atoms with Gasteiger partial charge in [0, 0.05) is 18.0 Å². The molecule has 1 aliphatic carbocycles. The fourth-order valence-electron chi connectivity index (χ4n) is 2.92. The summed E-state index contributed by atoms with van der Waals surface area (Å²) in [6.07, 6.45) is 4.91. The zero-order valence-corrected chi connectivity index (χ0v) is 12.7. The molecule has 4 heteroatoms. The minimum atomic E-state index is -0.601. The molecule has 2 rings (SSSR count). The average molecular weight is 331 g/mol. The van der Waals surface area contributed by atoms with Crippen molar-refractivity contribution < 1.29 is 14.2 Å². The molecule has 106 valence electrons. The maximum Gasteiger partial charge on any atom is 0.123 e. The van der Waals surface area contributed by atoms with Crippen LogP contribution in [0.15, 0.2) is 22.7 Å². The molecule has 1 unspecified atom stereocenters. The first-order chi connectivity index (χ1) is 9.07. The zero-order chi connectivity index (χ0) is 13.9. The highest BCUT2D eigenvalue weighted by Gasteiger charge is 2.39. The van der Waals surface area contributed by atoms with Crippen LogP contribution in [0.2, 0.25) is 0 Å². The summed E-state index contributed by atoms with van der Waals surface area (Å²) in [6.45, 7) is 0. The van der Waals surface area contributed by atoms with Crippen LogP contribution in [0.5, 0.6) is 0 Å². The normalized spacial score (nSPS) is 20.2. The van der Waals surface area contributed by atoms with Crippen molar-refractivity contribution in [3.8, 4) is 0 Å². The molecule has 0 radical (unpaired) electrons. The maximum atomic E-state index is 13.3. The molecule has 0 aromatic heterocycles. The number of rotatable bonds is 4. The molecule has 2 nitrogen and oxygen atoms in total. The van der Waals surface area contributed by atoms with Crippen LogP contribution in [0.4, 0.5) is 4.39 Å². The number of hydrogen-bond acceptors (Lipinski definition) is 2. The predicted molar refractivity (Wildman–Crippen MR) is 76.6 cm³/mol. The second kappa shape index (κ2) is 6.33. The molecule has 1 N–H and O–H groups in total. The van der Waals surface area contributed by atoms with E-state index >= 15 is 0 Å². The summed E-state index contributed by atoms with van der Waals surface area (Å²) in [6, 6.07) is 4.56. The standard InChI is InChI=1S/C15H20BrFO2/c1-19-15(7-3-2-4-8-15)14(18)10-11-9-12(17)5-6-13(11)16/h5-6,9,14,18H,2-4,7-8,10H2,1H3. The van der Waals surface area contributed by atoms with Crippen LogP contribution in [0.3, 0.4) is 0 Å². The van der Waals surface area contributed by atoms with Gasteiger partial charge in [0.05, 0.1) is 11.7 Å². The Morgan fingerprint density at radius 1 is 1.37 bits per heavy atom. The van der Waals surface area contributed by atoms with Gasteiger partial charge in [-0.3, -0.25) is 0 Å². The number of hydrogen-bond donors (Lipinski definition) is 1. The van der Waals surface area contributed by atoms with E-state index in [1.165, 1.54) is 18.6 Å². The van der Waals surface area contributed by atoms with Crippen LogP contribution in [0.25, 0.3) is 0 Å². The Bertz CT molecular complexity index is 430. The van der Waals surface area contributed by atoms with Crippen LogP contribution in [-0.4, -0.2) is 23.9 Å². The Kier molecular flexibility index (Phi) is 4.98. The van der Waals surface area contributed by atoms with Crippen molar-refractivity contribution in [1.82, 2.24) is 0 Å². The second-order valence-electron chi connectivity index (χ2n) is 5.29. The van der Waals surface area contributed by atoms with Crippen molar-refractivity contribution >= 4 is 15.9 Å². The summed E-state index contributed by atoms with van der Waals surface area (Å²) in [5, 5.41) is 10.5. The molecule has 0 saturated heterocycles. The fraction of sp³-hybridized carbons (Fsp3) is 0.600. The summed E-state index contributed by atoms with van der Waals surface area (Å²) < 4.78 is 19.7. The summed E-state index contributed by atoms with van der Waals surface area (Å²) in [7, 11) is 1.66. The lowest BCUT2D eigenvalue weighted by Gasteiger charge is -2.40. The van der Waals surface area contributed by atoms with Crippen LogP contribution >= 0.6 is 15.9 Å². The van der Waals surface area contributed by atoms with Crippen molar-refractivity contribution in [1.29, 1.82) is 0 Å². The molecule has 1 aromatic rings. The first-order valence-electron chi connectivity index (χ1n) is 6.74. The molecule has 1 saturated carbocycles. The van der Waals surface area contributed by atoms with Crippen molar-refractivity contribution in [3.05, 3.63) is 34.1 Å². The lowest BCUT2D eigenvalue weighted by Crippen LogP contribution is -2.46. The number of benzene rings is 1. The van der Waals surface area contributed by atoms with Crippen LogP contribution in [0.1, 0.15) is 37.7 Å². The summed E-state index contributed by atoms with van der Waals surface area (Å²) >= 11 is 3.40. The van der Waals surface area contributed by atoms with E-state index in [1.807, 2.05) is 0 Å². The van der Waals surface area contributed by atoms with E-state index in [2.05, 4.69) is 15.9 Å². The molecule has 19 heavy (non-hydrogen) atoms. The molecule has 0 aliphatic heterocycles. The van der Waals surface area contributed by atoms with Gasteiger partial charge in [-0.15, -0.1) is 0 Å². The SMILES string of the molecule is COC1(C(O)Cc2cc(F)ccc2Br)CCCCC1. The number of halogens is 2. The topological polar surface area (TPSA) is 29.5 Å². The third-order valence-electron chi connectivity index (χ3n) is 4.13. The van der Waals surface area contributed by atoms with Crippen LogP contribution in [-0.2, 0) is 11.2 Å². The first-order valence-corrected chi connectivity index (χ1v) is 7.54. The number of aliphatic hydroxyl groups is 1. The van der Waals surface area contributed by atoms with Gasteiger partial charge in [-0.2, -0.15) is 0 Å². The van der Waals surface area contributed by atoms with Gasteiger partial charge >= 0.3 is 0 Å². The molecule has 0 amide bonds. The van der Waals surface area contributed by atoms with Gasteiger partial charge in [0.15, 0.2) is 0 Å². The molecular weight excluding hydrogens is 311 g/mol. The van der Waals surface area contributed by atoms with Gasteiger partial charge in [-0.25, -0.2) is 4.39 Å². The Balaban J connectivity index is 2.14. The minimum Gasteiger partial charge on any atom is -0.390 e. The predicted octanol–water partition coefficient (Wildman–Crippen LogP) is 3.84. The van der Waals surface area contributed by atoms with Gasteiger partial charge in [0.2, 0.25) is 0 Å². The first kappa shape index (κ1) is 14.9. The van der Waals surface area contributed by atoms with E-state index in [4.69, 9.17) is 4.74 Å². The molecule has 0 heterocycles. The Labute approximate surface area is 122 Å². The fourth-order valence-corrected chi connectivity index (χ4v) is 3.33. The molecule has 1 aromatic carbocycles. The van der Waals surface area contributed by atoms with Gasteiger partial charge in [0.1, 0.15) is 5.82 Å². The third kappa shape index (κ3) is 3.36. The highest BCUT2D eigenvalue weighted by Crippen LogP contribution is 2.36.